The molecule has 0 radical (unpaired) electrons. The minimum absolute atomic E-state index is 0. The van der Waals surface area contributed by atoms with Gasteiger partial charge >= 0.3 is 0 Å². The van der Waals surface area contributed by atoms with E-state index in [4.69, 9.17) is 20.7 Å². The predicted octanol–water partition coefficient (Wildman–Crippen LogP) is 0.392. The third-order valence-electron chi connectivity index (χ3n) is 1.22. The van der Waals surface area contributed by atoms with Gasteiger partial charge in [-0.25, -0.2) is 0 Å². The summed E-state index contributed by atoms with van der Waals surface area (Å²) >= 11 is 0. The van der Waals surface area contributed by atoms with E-state index in [1.165, 1.54) is 0 Å². The summed E-state index contributed by atoms with van der Waals surface area (Å²) in [6.07, 6.45) is 0. The fraction of sp³-hybridized carbons (Fsp3) is 1.00. The van der Waals surface area contributed by atoms with Gasteiger partial charge in [-0.1, -0.05) is 0 Å². The second kappa shape index (κ2) is 16.4. The first kappa shape index (κ1) is 29.4. The third kappa shape index (κ3) is 13.0. The van der Waals surface area contributed by atoms with E-state index >= 15 is 0 Å². The zero-order valence-corrected chi connectivity index (χ0v) is 11.1. The lowest BCUT2D eigenvalue weighted by atomic mass is 10.1. The average molecular weight is 295 g/mol. The van der Waals surface area contributed by atoms with Crippen LogP contribution in [-0.2, 0) is 4.74 Å². The minimum Gasteiger partial charge on any atom is -0.394 e. The second-order valence-corrected chi connectivity index (χ2v) is 2.32. The van der Waals surface area contributed by atoms with E-state index in [0.717, 1.165) is 0 Å². The van der Waals surface area contributed by atoms with E-state index in [0.29, 0.717) is 6.61 Å². The largest absolute Gasteiger partial charge is 0.394 e. The molecule has 0 spiro atoms. The molecule has 0 saturated carbocycles. The second-order valence-electron chi connectivity index (χ2n) is 2.32. The summed E-state index contributed by atoms with van der Waals surface area (Å²) in [7, 11) is 0. The van der Waals surface area contributed by atoms with Gasteiger partial charge in [0, 0.05) is 6.61 Å². The number of rotatable bonds is 5. The topological polar surface area (TPSA) is 75.7 Å². The molecule has 14 heavy (non-hydrogen) atoms. The summed E-state index contributed by atoms with van der Waals surface area (Å²) in [6.45, 7) is 2.04. The van der Waals surface area contributed by atoms with Crippen molar-refractivity contribution in [3.63, 3.8) is 0 Å². The molecule has 0 heterocycles. The Morgan fingerprint density at radius 2 is 1.43 bits per heavy atom. The summed E-state index contributed by atoms with van der Waals surface area (Å²) in [5.74, 6) is 0. The maximum absolute atomic E-state index is 8.65. The standard InChI is InChI=1S/C6H15NO3.4ClH/c1-2-10-5-6(7,3-8)4-9;;;;/h8-9H,2-5,7H2,1H3;4*1H. The van der Waals surface area contributed by atoms with Gasteiger partial charge in [0.05, 0.1) is 25.4 Å². The van der Waals surface area contributed by atoms with Gasteiger partial charge in [-0.2, -0.15) is 0 Å². The highest BCUT2D eigenvalue weighted by Gasteiger charge is 2.22. The Hall–Kier alpha value is 1.00. The number of halogens is 4. The van der Waals surface area contributed by atoms with Gasteiger partial charge in [0.15, 0.2) is 0 Å². The van der Waals surface area contributed by atoms with Crippen LogP contribution < -0.4 is 5.73 Å². The first-order chi connectivity index (χ1) is 4.68. The molecule has 0 saturated heterocycles. The molecule has 0 aromatic carbocycles. The van der Waals surface area contributed by atoms with Crippen LogP contribution in [-0.4, -0.2) is 42.2 Å². The van der Waals surface area contributed by atoms with Gasteiger partial charge in [-0.15, -0.1) is 49.6 Å². The summed E-state index contributed by atoms with van der Waals surface area (Å²) < 4.78 is 4.94. The summed E-state index contributed by atoms with van der Waals surface area (Å²) in [5, 5.41) is 17.3. The lowest BCUT2D eigenvalue weighted by molar-refractivity contribution is 0.0300. The number of aliphatic hydroxyl groups excluding tert-OH is 2. The highest BCUT2D eigenvalue weighted by molar-refractivity contribution is 5.86. The Kier molecular flexibility index (Phi) is 34.5. The Balaban J connectivity index is -0.0000000675. The van der Waals surface area contributed by atoms with Gasteiger partial charge in [-0.05, 0) is 6.92 Å². The van der Waals surface area contributed by atoms with E-state index < -0.39 is 5.54 Å². The molecule has 0 aliphatic rings. The van der Waals surface area contributed by atoms with Gasteiger partial charge in [0.2, 0.25) is 0 Å². The van der Waals surface area contributed by atoms with Crippen LogP contribution in [0.5, 0.6) is 0 Å². The van der Waals surface area contributed by atoms with Gasteiger partial charge in [0.25, 0.3) is 0 Å². The smallest absolute Gasteiger partial charge is 0.0859 e. The molecule has 0 aliphatic carbocycles. The number of hydrogen-bond donors (Lipinski definition) is 3. The predicted molar refractivity (Wildman–Crippen MR) is 66.6 cm³/mol. The molecule has 0 bridgehead atoms. The van der Waals surface area contributed by atoms with Crippen molar-refractivity contribution >= 4 is 49.6 Å². The Morgan fingerprint density at radius 3 is 1.64 bits per heavy atom. The van der Waals surface area contributed by atoms with Crippen LogP contribution in [0, 0.1) is 0 Å². The fourth-order valence-electron chi connectivity index (χ4n) is 0.447. The first-order valence-corrected chi connectivity index (χ1v) is 3.27. The monoisotopic (exact) mass is 293 g/mol. The Morgan fingerprint density at radius 1 is 1.07 bits per heavy atom. The van der Waals surface area contributed by atoms with Crippen LogP contribution in [0.15, 0.2) is 0 Å². The van der Waals surface area contributed by atoms with Crippen molar-refractivity contribution in [3.8, 4) is 0 Å². The zero-order valence-electron chi connectivity index (χ0n) is 7.84. The fourth-order valence-corrected chi connectivity index (χ4v) is 0.447. The van der Waals surface area contributed by atoms with Crippen LogP contribution >= 0.6 is 49.6 Å². The minimum atomic E-state index is -0.976. The molecule has 0 amide bonds. The third-order valence-corrected chi connectivity index (χ3v) is 1.22. The number of aliphatic hydroxyl groups is 2. The zero-order chi connectivity index (χ0) is 8.04. The van der Waals surface area contributed by atoms with Crippen molar-refractivity contribution < 1.29 is 14.9 Å². The summed E-state index contributed by atoms with van der Waals surface area (Å²) in [5.41, 5.74) is 4.48. The maximum atomic E-state index is 8.65. The van der Waals surface area contributed by atoms with Crippen LogP contribution in [0.3, 0.4) is 0 Å². The van der Waals surface area contributed by atoms with Crippen molar-refractivity contribution in [1.29, 1.82) is 0 Å². The van der Waals surface area contributed by atoms with Crippen molar-refractivity contribution in [3.05, 3.63) is 0 Å². The molecule has 4 N–H and O–H groups in total. The molecule has 0 aliphatic heterocycles. The van der Waals surface area contributed by atoms with Gasteiger partial charge < -0.3 is 20.7 Å². The molecule has 4 nitrogen and oxygen atoms in total. The first-order valence-electron chi connectivity index (χ1n) is 3.27. The molecular formula is C6H19Cl4NO3. The van der Waals surface area contributed by atoms with Crippen LogP contribution in [0.2, 0.25) is 0 Å². The molecule has 0 rings (SSSR count). The van der Waals surface area contributed by atoms with Crippen molar-refractivity contribution in [1.82, 2.24) is 0 Å². The van der Waals surface area contributed by atoms with Gasteiger partial charge in [0.1, 0.15) is 0 Å². The Bertz CT molecular complexity index is 95.1. The van der Waals surface area contributed by atoms with Crippen molar-refractivity contribution in [2.45, 2.75) is 12.5 Å². The molecule has 0 aromatic rings. The molecule has 94 valence electrons. The van der Waals surface area contributed by atoms with Crippen LogP contribution in [0.25, 0.3) is 0 Å². The molecular weight excluding hydrogens is 276 g/mol. The van der Waals surface area contributed by atoms with E-state index in [9.17, 15) is 0 Å². The Labute approximate surface area is 109 Å². The molecule has 0 atom stereocenters. The van der Waals surface area contributed by atoms with E-state index in [1.807, 2.05) is 6.92 Å². The summed E-state index contributed by atoms with van der Waals surface area (Å²) in [4.78, 5) is 0. The SMILES string of the molecule is CCOCC(N)(CO)CO.Cl.Cl.Cl.Cl. The average Bonchev–Trinajstić information content (AvgIpc) is 2.00. The number of nitrogens with two attached hydrogens (primary N) is 1. The van der Waals surface area contributed by atoms with Crippen molar-refractivity contribution in [2.75, 3.05) is 26.4 Å². The number of hydrogen-bond acceptors (Lipinski definition) is 4. The lowest BCUT2D eigenvalue weighted by Crippen LogP contribution is -2.51. The molecule has 0 unspecified atom stereocenters. The quantitative estimate of drug-likeness (QED) is 0.686. The highest BCUT2D eigenvalue weighted by atomic mass is 35.5. The molecule has 8 heteroatoms. The highest BCUT2D eigenvalue weighted by Crippen LogP contribution is 1.97. The van der Waals surface area contributed by atoms with E-state index in [2.05, 4.69) is 0 Å². The molecule has 0 fully saturated rings. The maximum Gasteiger partial charge on any atom is 0.0859 e. The lowest BCUT2D eigenvalue weighted by Gasteiger charge is -2.23. The van der Waals surface area contributed by atoms with Crippen molar-refractivity contribution in [2.24, 2.45) is 5.73 Å². The van der Waals surface area contributed by atoms with E-state index in [-0.39, 0.29) is 69.4 Å². The number of ether oxygens (including phenoxy) is 1. The van der Waals surface area contributed by atoms with Gasteiger partial charge in [-0.3, -0.25) is 0 Å². The normalized spacial score (nSPS) is 8.57. The van der Waals surface area contributed by atoms with E-state index in [1.54, 1.807) is 0 Å². The molecule has 0 aromatic heterocycles. The van der Waals surface area contributed by atoms with Crippen LogP contribution in [0.4, 0.5) is 0 Å². The van der Waals surface area contributed by atoms with Crippen LogP contribution in [0.1, 0.15) is 6.92 Å². The summed E-state index contributed by atoms with van der Waals surface area (Å²) in [6, 6.07) is 0.